The molecule has 0 aromatic heterocycles. The van der Waals surface area contributed by atoms with Crippen molar-refractivity contribution in [2.75, 3.05) is 18.3 Å². The van der Waals surface area contributed by atoms with Crippen molar-refractivity contribution in [2.45, 2.75) is 5.92 Å². The average molecular weight is 299 g/mol. The van der Waals surface area contributed by atoms with E-state index in [0.717, 1.165) is 5.56 Å². The van der Waals surface area contributed by atoms with Crippen LogP contribution in [0.15, 0.2) is 36.4 Å². The van der Waals surface area contributed by atoms with Crippen molar-refractivity contribution in [3.63, 3.8) is 0 Å². The van der Waals surface area contributed by atoms with E-state index in [0.29, 0.717) is 22.9 Å². The predicted octanol–water partition coefficient (Wildman–Crippen LogP) is 1.88. The topological polar surface area (TPSA) is 79.2 Å². The van der Waals surface area contributed by atoms with Gasteiger partial charge in [0.2, 0.25) is 12.7 Å². The number of carbonyl (C=O) groups excluding carboxylic acids is 1. The number of benzene rings is 2. The summed E-state index contributed by atoms with van der Waals surface area (Å²) in [6, 6.07) is 10.2. The lowest BCUT2D eigenvalue weighted by Crippen LogP contribution is -2.25. The third-order valence-corrected chi connectivity index (χ3v) is 3.96. The Morgan fingerprint density at radius 1 is 1.14 bits per heavy atom. The molecule has 0 fully saturated rings. The largest absolute Gasteiger partial charge is 0.506 e. The van der Waals surface area contributed by atoms with Gasteiger partial charge in [0.15, 0.2) is 11.5 Å². The first-order chi connectivity index (χ1) is 10.7. The van der Waals surface area contributed by atoms with Gasteiger partial charge in [0, 0.05) is 12.1 Å². The van der Waals surface area contributed by atoms with Gasteiger partial charge in [-0.2, -0.15) is 0 Å². The fourth-order valence-electron chi connectivity index (χ4n) is 2.92. The third kappa shape index (κ3) is 1.67. The van der Waals surface area contributed by atoms with Crippen molar-refractivity contribution in [3.8, 4) is 17.2 Å². The Morgan fingerprint density at radius 2 is 1.86 bits per heavy atom. The molecule has 4 rings (SSSR count). The number of aromatic hydroxyl groups is 1. The van der Waals surface area contributed by atoms with E-state index in [1.165, 1.54) is 11.0 Å². The number of fused-ring (bicyclic) bond motifs is 2. The summed E-state index contributed by atoms with van der Waals surface area (Å²) in [6.45, 7) is -0.195. The van der Waals surface area contributed by atoms with Gasteiger partial charge >= 0.3 is 0 Å². The monoisotopic (exact) mass is 299 g/mol. The summed E-state index contributed by atoms with van der Waals surface area (Å²) in [6.07, 6.45) is 0. The Hall–Kier alpha value is -2.73. The molecule has 112 valence electrons. The number of hydrogen-bond donors (Lipinski definition) is 2. The van der Waals surface area contributed by atoms with E-state index in [-0.39, 0.29) is 25.1 Å². The standard InChI is InChI=1S/C16H13NO5/c18-7-10-9-3-1-2-4-11(9)17(16(10)20)12-5-14-15(6-13(12)19)22-8-21-14/h1-6,10,18-19H,7-8H2. The minimum absolute atomic E-state index is 0.0778. The van der Waals surface area contributed by atoms with E-state index < -0.39 is 5.92 Å². The fraction of sp³-hybridized carbons (Fsp3) is 0.188. The molecule has 0 aliphatic carbocycles. The highest BCUT2D eigenvalue weighted by atomic mass is 16.7. The second kappa shape index (κ2) is 4.64. The molecule has 1 atom stereocenters. The fourth-order valence-corrected chi connectivity index (χ4v) is 2.92. The highest BCUT2D eigenvalue weighted by Gasteiger charge is 2.39. The molecule has 2 aromatic rings. The van der Waals surface area contributed by atoms with Crippen LogP contribution in [0.5, 0.6) is 17.2 Å². The maximum atomic E-state index is 12.6. The van der Waals surface area contributed by atoms with E-state index in [1.807, 2.05) is 12.1 Å². The van der Waals surface area contributed by atoms with E-state index in [1.54, 1.807) is 18.2 Å². The first kappa shape index (κ1) is 13.0. The van der Waals surface area contributed by atoms with E-state index >= 15 is 0 Å². The summed E-state index contributed by atoms with van der Waals surface area (Å²) in [4.78, 5) is 14.0. The Kier molecular flexibility index (Phi) is 2.74. The van der Waals surface area contributed by atoms with Gasteiger partial charge in [-0.3, -0.25) is 9.69 Å². The zero-order valence-corrected chi connectivity index (χ0v) is 11.5. The van der Waals surface area contributed by atoms with Crippen molar-refractivity contribution >= 4 is 17.3 Å². The molecular formula is C16H13NO5. The van der Waals surface area contributed by atoms with Crippen molar-refractivity contribution in [2.24, 2.45) is 0 Å². The number of carbonyl (C=O) groups is 1. The number of hydrogen-bond acceptors (Lipinski definition) is 5. The van der Waals surface area contributed by atoms with Crippen LogP contribution in [0.3, 0.4) is 0 Å². The van der Waals surface area contributed by atoms with Crippen molar-refractivity contribution in [1.82, 2.24) is 0 Å². The molecule has 0 spiro atoms. The Bertz CT molecular complexity index is 773. The van der Waals surface area contributed by atoms with Gasteiger partial charge in [-0.15, -0.1) is 0 Å². The second-order valence-electron chi connectivity index (χ2n) is 5.16. The van der Waals surface area contributed by atoms with Gasteiger partial charge in [-0.1, -0.05) is 18.2 Å². The number of para-hydroxylation sites is 1. The zero-order chi connectivity index (χ0) is 15.3. The lowest BCUT2D eigenvalue weighted by molar-refractivity contribution is -0.119. The summed E-state index contributed by atoms with van der Waals surface area (Å²) in [5.41, 5.74) is 1.71. The molecule has 0 saturated heterocycles. The van der Waals surface area contributed by atoms with E-state index in [4.69, 9.17) is 9.47 Å². The van der Waals surface area contributed by atoms with Crippen LogP contribution in [0.25, 0.3) is 0 Å². The smallest absolute Gasteiger partial charge is 0.241 e. The van der Waals surface area contributed by atoms with Crippen molar-refractivity contribution < 1.29 is 24.5 Å². The third-order valence-electron chi connectivity index (χ3n) is 3.96. The van der Waals surface area contributed by atoms with Gasteiger partial charge < -0.3 is 19.7 Å². The minimum atomic E-state index is -0.624. The maximum absolute atomic E-state index is 12.6. The van der Waals surface area contributed by atoms with Crippen LogP contribution < -0.4 is 14.4 Å². The average Bonchev–Trinajstić information content (AvgIpc) is 3.07. The molecular weight excluding hydrogens is 286 g/mol. The van der Waals surface area contributed by atoms with Crippen LogP contribution in [0.4, 0.5) is 11.4 Å². The number of phenolic OH excluding ortho intramolecular Hbond substituents is 1. The van der Waals surface area contributed by atoms with Crippen LogP contribution in [0, 0.1) is 0 Å². The number of aliphatic hydroxyl groups excluding tert-OH is 1. The van der Waals surface area contributed by atoms with Crippen LogP contribution >= 0.6 is 0 Å². The Morgan fingerprint density at radius 3 is 2.64 bits per heavy atom. The molecule has 0 saturated carbocycles. The molecule has 6 nitrogen and oxygen atoms in total. The molecule has 1 unspecified atom stereocenters. The molecule has 2 N–H and O–H groups in total. The van der Waals surface area contributed by atoms with Crippen molar-refractivity contribution in [3.05, 3.63) is 42.0 Å². The van der Waals surface area contributed by atoms with E-state index in [2.05, 4.69) is 0 Å². The highest BCUT2D eigenvalue weighted by molar-refractivity contribution is 6.11. The summed E-state index contributed by atoms with van der Waals surface area (Å²) >= 11 is 0. The van der Waals surface area contributed by atoms with E-state index in [9.17, 15) is 15.0 Å². The number of anilines is 2. The zero-order valence-electron chi connectivity index (χ0n) is 11.5. The van der Waals surface area contributed by atoms with Crippen LogP contribution in [0.1, 0.15) is 11.5 Å². The summed E-state index contributed by atoms with van der Waals surface area (Å²) in [7, 11) is 0. The Balaban J connectivity index is 1.88. The SMILES string of the molecule is O=C1C(CO)c2ccccc2N1c1cc2c(cc1O)OCO2. The first-order valence-electron chi connectivity index (χ1n) is 6.87. The first-order valence-corrected chi connectivity index (χ1v) is 6.87. The molecule has 22 heavy (non-hydrogen) atoms. The van der Waals surface area contributed by atoms with Crippen LogP contribution in [0.2, 0.25) is 0 Å². The molecule has 6 heteroatoms. The number of aliphatic hydroxyl groups is 1. The van der Waals surface area contributed by atoms with Crippen molar-refractivity contribution in [1.29, 1.82) is 0 Å². The molecule has 0 radical (unpaired) electrons. The number of rotatable bonds is 2. The molecule has 2 aromatic carbocycles. The molecule has 2 heterocycles. The quantitative estimate of drug-likeness (QED) is 0.885. The predicted molar refractivity (Wildman–Crippen MR) is 77.6 cm³/mol. The summed E-state index contributed by atoms with van der Waals surface area (Å²) in [5, 5.41) is 19.8. The summed E-state index contributed by atoms with van der Waals surface area (Å²) < 4.78 is 10.5. The van der Waals surface area contributed by atoms with Gasteiger partial charge in [-0.25, -0.2) is 0 Å². The molecule has 2 aliphatic heterocycles. The number of phenols is 1. The lowest BCUT2D eigenvalue weighted by atomic mass is 10.0. The normalized spacial score (nSPS) is 18.7. The number of nitrogens with zero attached hydrogens (tertiary/aromatic N) is 1. The Labute approximate surface area is 126 Å². The number of ether oxygens (including phenoxy) is 2. The molecule has 1 amide bonds. The minimum Gasteiger partial charge on any atom is -0.506 e. The van der Waals surface area contributed by atoms with Gasteiger partial charge in [0.05, 0.1) is 23.9 Å². The number of amides is 1. The van der Waals surface area contributed by atoms with Gasteiger partial charge in [0.25, 0.3) is 0 Å². The molecule has 0 bridgehead atoms. The van der Waals surface area contributed by atoms with Gasteiger partial charge in [-0.05, 0) is 11.6 Å². The van der Waals surface area contributed by atoms with Crippen LogP contribution in [-0.4, -0.2) is 29.5 Å². The van der Waals surface area contributed by atoms with Crippen LogP contribution in [-0.2, 0) is 4.79 Å². The summed E-state index contributed by atoms with van der Waals surface area (Å²) in [5.74, 6) is -0.0599. The lowest BCUT2D eigenvalue weighted by Gasteiger charge is -2.19. The highest BCUT2D eigenvalue weighted by Crippen LogP contribution is 2.48. The van der Waals surface area contributed by atoms with Gasteiger partial charge in [0.1, 0.15) is 5.75 Å². The molecule has 2 aliphatic rings. The second-order valence-corrected chi connectivity index (χ2v) is 5.16. The maximum Gasteiger partial charge on any atom is 0.241 e.